The van der Waals surface area contributed by atoms with E-state index in [0.29, 0.717) is 50.2 Å². The van der Waals surface area contributed by atoms with Crippen molar-refractivity contribution in [1.82, 2.24) is 0 Å². The predicted molar refractivity (Wildman–Crippen MR) is 236 cm³/mol. The number of halogens is 1. The Labute approximate surface area is 359 Å². The van der Waals surface area contributed by atoms with Crippen molar-refractivity contribution < 1.29 is 33.2 Å². The summed E-state index contributed by atoms with van der Waals surface area (Å²) >= 11 is 7.08. The van der Waals surface area contributed by atoms with E-state index in [1.807, 2.05) is 97.9 Å². The average Bonchev–Trinajstić information content (AvgIpc) is 3.29. The summed E-state index contributed by atoms with van der Waals surface area (Å²) in [7, 11) is 0. The van der Waals surface area contributed by atoms with Gasteiger partial charge in [-0.25, -0.2) is 0 Å². The summed E-state index contributed by atoms with van der Waals surface area (Å²) in [6.45, 7) is 8.39. The predicted octanol–water partition coefficient (Wildman–Crippen LogP) is 11.3. The van der Waals surface area contributed by atoms with Crippen LogP contribution in [0.3, 0.4) is 0 Å². The largest absolute Gasteiger partial charge is 0.494 e. The van der Waals surface area contributed by atoms with E-state index in [9.17, 15) is 0 Å². The maximum absolute atomic E-state index is 7.28. The Hall–Kier alpha value is -5.25. The molecule has 0 spiro atoms. The van der Waals surface area contributed by atoms with Gasteiger partial charge in [0.1, 0.15) is 48.6 Å². The molecule has 0 N–H and O–H groups in total. The van der Waals surface area contributed by atoms with Crippen LogP contribution in [0.5, 0.6) is 11.5 Å². The van der Waals surface area contributed by atoms with Crippen LogP contribution in [0.1, 0.15) is 52.0 Å². The molecule has 7 nitrogen and oxygen atoms in total. The van der Waals surface area contributed by atoms with Crippen molar-refractivity contribution in [2.24, 2.45) is 0 Å². The van der Waals surface area contributed by atoms with Crippen LogP contribution in [0.4, 0.5) is 0 Å². The fourth-order valence-corrected chi connectivity index (χ4v) is 7.60. The molecule has 0 amide bonds. The number of rotatable bonds is 21. The number of hydrogen-bond donors (Lipinski definition) is 0. The molecule has 60 heavy (non-hydrogen) atoms. The van der Waals surface area contributed by atoms with Crippen molar-refractivity contribution in [1.29, 1.82) is 0 Å². The Bertz CT molecular complexity index is 2170. The monoisotopic (exact) mass is 824 g/mol. The zero-order valence-corrected chi connectivity index (χ0v) is 34.8. The molecule has 1 fully saturated rings. The van der Waals surface area contributed by atoms with Crippen LogP contribution in [-0.2, 0) is 56.5 Å². The van der Waals surface area contributed by atoms with Gasteiger partial charge in [-0.2, -0.15) is 0 Å². The van der Waals surface area contributed by atoms with Gasteiger partial charge >= 0.3 is 0 Å². The summed E-state index contributed by atoms with van der Waals surface area (Å²) < 4.78 is 46.8. The van der Waals surface area contributed by atoms with E-state index in [0.717, 1.165) is 44.7 Å². The summed E-state index contributed by atoms with van der Waals surface area (Å²) in [5, 5.41) is 0.577. The minimum absolute atomic E-state index is 0.233. The molecule has 7 rings (SSSR count). The molecule has 0 bridgehead atoms. The third-order valence-corrected chi connectivity index (χ3v) is 10.7. The Morgan fingerprint density at radius 2 is 1.10 bits per heavy atom. The third kappa shape index (κ3) is 11.9. The lowest BCUT2D eigenvalue weighted by Crippen LogP contribution is -2.58. The molecule has 0 aromatic heterocycles. The SMILES string of the molecule is C=CCOc1cc(Cl)c(Cc2ccc(OCC)cc2)cc1C1OC(COCc2ccccc2)C(OCc2ccccc2)C(OCc2ccccc2)C1OCc1ccccc1. The molecule has 5 unspecified atom stereocenters. The molecule has 6 aromatic rings. The lowest BCUT2D eigenvalue weighted by atomic mass is 9.88. The molecule has 8 heteroatoms. The molecule has 1 saturated heterocycles. The van der Waals surface area contributed by atoms with E-state index in [1.165, 1.54) is 0 Å². The maximum atomic E-state index is 7.28. The standard InChI is InChI=1S/C52H53ClO7/c1-3-29-56-47-32-46(53)43(30-38-25-27-44(28-26-38)55-4-2)31-45(47)49-51(58-35-41-21-13-7-14-22-41)52(59-36-42-23-15-8-16-24-42)50(57-34-40-19-11-6-12-20-40)48(60-49)37-54-33-39-17-9-5-10-18-39/h3,5-28,31-32,48-52H,1,4,29-30,33-37H2,2H3. The molecule has 1 aliphatic heterocycles. The zero-order valence-electron chi connectivity index (χ0n) is 34.1. The maximum Gasteiger partial charge on any atom is 0.127 e. The van der Waals surface area contributed by atoms with E-state index in [2.05, 4.69) is 73.3 Å². The second-order valence-corrected chi connectivity index (χ2v) is 15.1. The van der Waals surface area contributed by atoms with Gasteiger partial charge in [-0.1, -0.05) is 158 Å². The smallest absolute Gasteiger partial charge is 0.127 e. The first kappa shape index (κ1) is 42.9. The Morgan fingerprint density at radius 3 is 1.63 bits per heavy atom. The molecule has 0 saturated carbocycles. The summed E-state index contributed by atoms with van der Waals surface area (Å²) in [5.41, 5.74) is 6.91. The van der Waals surface area contributed by atoms with Crippen molar-refractivity contribution in [3.8, 4) is 11.5 Å². The molecule has 0 aliphatic carbocycles. The highest BCUT2D eigenvalue weighted by Gasteiger charge is 2.50. The molecule has 1 aliphatic rings. The van der Waals surface area contributed by atoms with Crippen LogP contribution < -0.4 is 9.47 Å². The van der Waals surface area contributed by atoms with Gasteiger partial charge in [-0.3, -0.25) is 0 Å². The van der Waals surface area contributed by atoms with E-state index < -0.39 is 30.5 Å². The number of hydrogen-bond acceptors (Lipinski definition) is 7. The van der Waals surface area contributed by atoms with Gasteiger partial charge in [-0.05, 0) is 71.0 Å². The topological polar surface area (TPSA) is 64.6 Å². The van der Waals surface area contributed by atoms with Crippen LogP contribution in [0.15, 0.2) is 170 Å². The van der Waals surface area contributed by atoms with Gasteiger partial charge in [0.15, 0.2) is 0 Å². The van der Waals surface area contributed by atoms with Gasteiger partial charge in [0.25, 0.3) is 0 Å². The van der Waals surface area contributed by atoms with Gasteiger partial charge < -0.3 is 33.2 Å². The summed E-state index contributed by atoms with van der Waals surface area (Å²) in [4.78, 5) is 0. The highest BCUT2D eigenvalue weighted by molar-refractivity contribution is 6.31. The highest BCUT2D eigenvalue weighted by Crippen LogP contribution is 2.43. The lowest BCUT2D eigenvalue weighted by molar-refractivity contribution is -0.275. The normalized spacial score (nSPS) is 18.8. The number of ether oxygens (including phenoxy) is 7. The van der Waals surface area contributed by atoms with E-state index >= 15 is 0 Å². The quantitative estimate of drug-likeness (QED) is 0.0670. The summed E-state index contributed by atoms with van der Waals surface area (Å²) in [5.74, 6) is 1.39. The van der Waals surface area contributed by atoms with E-state index in [-0.39, 0.29) is 13.2 Å². The molecule has 5 atom stereocenters. The van der Waals surface area contributed by atoms with Crippen LogP contribution in [0.25, 0.3) is 0 Å². The second-order valence-electron chi connectivity index (χ2n) is 14.7. The van der Waals surface area contributed by atoms with Crippen molar-refractivity contribution in [2.75, 3.05) is 19.8 Å². The second kappa shape index (κ2) is 22.4. The third-order valence-electron chi connectivity index (χ3n) is 10.4. The molecule has 6 aromatic carbocycles. The van der Waals surface area contributed by atoms with Crippen LogP contribution >= 0.6 is 11.6 Å². The number of benzene rings is 6. The van der Waals surface area contributed by atoms with Gasteiger partial charge in [0, 0.05) is 10.6 Å². The van der Waals surface area contributed by atoms with Crippen molar-refractivity contribution in [2.45, 2.75) is 70.3 Å². The Morgan fingerprint density at radius 1 is 0.583 bits per heavy atom. The van der Waals surface area contributed by atoms with Crippen molar-refractivity contribution in [3.63, 3.8) is 0 Å². The van der Waals surface area contributed by atoms with Crippen LogP contribution in [-0.4, -0.2) is 44.2 Å². The molecular formula is C52H53ClO7. The molecule has 0 radical (unpaired) electrons. The fourth-order valence-electron chi connectivity index (χ4n) is 7.38. The first-order valence-corrected chi connectivity index (χ1v) is 21.0. The highest BCUT2D eigenvalue weighted by atomic mass is 35.5. The molecule has 310 valence electrons. The van der Waals surface area contributed by atoms with Gasteiger partial charge in [-0.15, -0.1) is 0 Å². The van der Waals surface area contributed by atoms with Crippen LogP contribution in [0, 0.1) is 0 Å². The van der Waals surface area contributed by atoms with Crippen molar-refractivity contribution >= 4 is 11.6 Å². The fraction of sp³-hybridized carbons (Fsp3) is 0.269. The first-order valence-electron chi connectivity index (χ1n) is 20.6. The van der Waals surface area contributed by atoms with Gasteiger partial charge in [0.05, 0.1) is 39.6 Å². The minimum atomic E-state index is -0.687. The van der Waals surface area contributed by atoms with Crippen LogP contribution in [0.2, 0.25) is 5.02 Å². The minimum Gasteiger partial charge on any atom is -0.494 e. The van der Waals surface area contributed by atoms with Gasteiger partial charge in [0.2, 0.25) is 0 Å². The van der Waals surface area contributed by atoms with E-state index in [4.69, 9.17) is 44.8 Å². The zero-order chi connectivity index (χ0) is 41.4. The van der Waals surface area contributed by atoms with E-state index in [1.54, 1.807) is 6.08 Å². The van der Waals surface area contributed by atoms with Crippen molar-refractivity contribution in [3.05, 3.63) is 214 Å². The Kier molecular flexibility index (Phi) is 16.0. The Balaban J connectivity index is 1.31. The molecule has 1 heterocycles. The average molecular weight is 825 g/mol. The lowest BCUT2D eigenvalue weighted by Gasteiger charge is -2.46. The summed E-state index contributed by atoms with van der Waals surface area (Å²) in [6.07, 6.45) is -0.830. The summed E-state index contributed by atoms with van der Waals surface area (Å²) in [6, 6.07) is 52.6. The first-order chi connectivity index (χ1) is 29.6. The molecular weight excluding hydrogens is 772 g/mol.